The van der Waals surface area contributed by atoms with E-state index in [0.717, 1.165) is 16.0 Å². The van der Waals surface area contributed by atoms with Crippen LogP contribution >= 0.6 is 11.8 Å². The van der Waals surface area contributed by atoms with Crippen LogP contribution in [0, 0.1) is 5.92 Å². The van der Waals surface area contributed by atoms with Crippen molar-refractivity contribution >= 4 is 23.7 Å². The lowest BCUT2D eigenvalue weighted by molar-refractivity contribution is -0.163. The van der Waals surface area contributed by atoms with Gasteiger partial charge in [-0.3, -0.25) is 9.59 Å². The first kappa shape index (κ1) is 21.7. The molecule has 0 aliphatic carbocycles. The zero-order valence-corrected chi connectivity index (χ0v) is 17.4. The van der Waals surface area contributed by atoms with Gasteiger partial charge in [-0.25, -0.2) is 0 Å². The number of hydrogen-bond donors (Lipinski definition) is 0. The summed E-state index contributed by atoms with van der Waals surface area (Å²) in [5.41, 5.74) is 1.75. The summed E-state index contributed by atoms with van der Waals surface area (Å²) < 4.78 is 10.8. The maximum atomic E-state index is 12.7. The van der Waals surface area contributed by atoms with E-state index in [4.69, 9.17) is 9.47 Å². The minimum atomic E-state index is -0.950. The van der Waals surface area contributed by atoms with Crippen molar-refractivity contribution in [1.82, 2.24) is 0 Å². The summed E-state index contributed by atoms with van der Waals surface area (Å²) in [4.78, 5) is 26.4. The smallest absolute Gasteiger partial charge is 0.320 e. The highest BCUT2D eigenvalue weighted by Gasteiger charge is 2.29. The van der Waals surface area contributed by atoms with E-state index in [-0.39, 0.29) is 13.2 Å². The van der Waals surface area contributed by atoms with Crippen LogP contribution in [0.15, 0.2) is 95.9 Å². The highest BCUT2D eigenvalue weighted by molar-refractivity contribution is 7.99. The Morgan fingerprint density at radius 1 is 0.667 bits per heavy atom. The molecule has 0 unspecified atom stereocenters. The lowest BCUT2D eigenvalue weighted by Gasteiger charge is -2.15. The Bertz CT molecular complexity index is 858. The highest BCUT2D eigenvalue weighted by atomic mass is 32.2. The van der Waals surface area contributed by atoms with Gasteiger partial charge in [0.25, 0.3) is 0 Å². The van der Waals surface area contributed by atoms with E-state index in [2.05, 4.69) is 0 Å². The fraction of sp³-hybridized carbons (Fsp3) is 0.200. The molecule has 0 atom stereocenters. The Labute approximate surface area is 181 Å². The molecule has 3 aromatic rings. The topological polar surface area (TPSA) is 52.6 Å². The second kappa shape index (κ2) is 11.8. The molecule has 0 saturated heterocycles. The quantitative estimate of drug-likeness (QED) is 0.254. The first-order valence-corrected chi connectivity index (χ1v) is 10.8. The van der Waals surface area contributed by atoms with Crippen molar-refractivity contribution in [3.8, 4) is 0 Å². The van der Waals surface area contributed by atoms with Crippen LogP contribution < -0.4 is 0 Å². The zero-order chi connectivity index (χ0) is 21.0. The van der Waals surface area contributed by atoms with Gasteiger partial charge in [-0.1, -0.05) is 78.9 Å². The molecule has 0 saturated carbocycles. The van der Waals surface area contributed by atoms with Gasteiger partial charge >= 0.3 is 11.9 Å². The Kier molecular flexibility index (Phi) is 8.54. The van der Waals surface area contributed by atoms with Gasteiger partial charge in [-0.2, -0.15) is 0 Å². The first-order chi connectivity index (χ1) is 14.7. The molecular formula is C25H24O4S. The van der Waals surface area contributed by atoms with Crippen LogP contribution in [-0.4, -0.2) is 17.7 Å². The standard InChI is InChI=1S/C25H24O4S/c26-24(28-18-20-10-4-1-5-11-20)23(16-17-30-22-14-8-3-9-15-22)25(27)29-19-21-12-6-2-7-13-21/h1-15,23H,16-19H2. The molecule has 4 nitrogen and oxygen atoms in total. The molecule has 0 N–H and O–H groups in total. The van der Waals surface area contributed by atoms with Gasteiger partial charge in [0, 0.05) is 4.90 Å². The van der Waals surface area contributed by atoms with Crippen molar-refractivity contribution in [3.05, 3.63) is 102 Å². The molecule has 0 aliphatic heterocycles. The first-order valence-electron chi connectivity index (χ1n) is 9.81. The minimum Gasteiger partial charge on any atom is -0.460 e. The van der Waals surface area contributed by atoms with Crippen LogP contribution in [0.4, 0.5) is 0 Å². The van der Waals surface area contributed by atoms with Crippen LogP contribution in [0.1, 0.15) is 17.5 Å². The molecule has 0 bridgehead atoms. The number of esters is 2. The van der Waals surface area contributed by atoms with Gasteiger partial charge in [0.05, 0.1) is 0 Å². The van der Waals surface area contributed by atoms with Crippen molar-refractivity contribution in [2.75, 3.05) is 5.75 Å². The van der Waals surface area contributed by atoms with Gasteiger partial charge in [0.15, 0.2) is 5.92 Å². The number of hydrogen-bond acceptors (Lipinski definition) is 5. The molecule has 0 aliphatic rings. The van der Waals surface area contributed by atoms with Crippen LogP contribution in [0.25, 0.3) is 0 Å². The maximum absolute atomic E-state index is 12.7. The van der Waals surface area contributed by atoms with Crippen LogP contribution in [0.2, 0.25) is 0 Å². The van der Waals surface area contributed by atoms with Crippen molar-refractivity contribution in [3.63, 3.8) is 0 Å². The SMILES string of the molecule is O=C(OCc1ccccc1)C(CCSc1ccccc1)C(=O)OCc1ccccc1. The van der Waals surface area contributed by atoms with Crippen LogP contribution in [-0.2, 0) is 32.3 Å². The molecule has 0 aromatic heterocycles. The second-order valence-electron chi connectivity index (χ2n) is 6.69. The summed E-state index contributed by atoms with van der Waals surface area (Å²) in [6, 6.07) is 28.7. The van der Waals surface area contributed by atoms with Crippen LogP contribution in [0.5, 0.6) is 0 Å². The fourth-order valence-electron chi connectivity index (χ4n) is 2.80. The third-order valence-electron chi connectivity index (χ3n) is 4.44. The minimum absolute atomic E-state index is 0.133. The van der Waals surface area contributed by atoms with Crippen molar-refractivity contribution in [2.45, 2.75) is 24.5 Å². The molecule has 154 valence electrons. The zero-order valence-electron chi connectivity index (χ0n) is 16.6. The normalized spacial score (nSPS) is 10.6. The lowest BCUT2D eigenvalue weighted by atomic mass is 10.1. The van der Waals surface area contributed by atoms with E-state index in [1.54, 1.807) is 11.8 Å². The van der Waals surface area contributed by atoms with Crippen molar-refractivity contribution < 1.29 is 19.1 Å². The molecule has 0 heterocycles. The molecule has 0 radical (unpaired) electrons. The molecule has 5 heteroatoms. The maximum Gasteiger partial charge on any atom is 0.320 e. The summed E-state index contributed by atoms with van der Waals surface area (Å²) >= 11 is 1.60. The monoisotopic (exact) mass is 420 g/mol. The van der Waals surface area contributed by atoms with E-state index in [1.165, 1.54) is 0 Å². The average Bonchev–Trinajstić information content (AvgIpc) is 2.81. The predicted molar refractivity (Wildman–Crippen MR) is 118 cm³/mol. The Morgan fingerprint density at radius 3 is 1.57 bits per heavy atom. The number of carbonyl (C=O) groups excluding carboxylic acids is 2. The molecule has 0 amide bonds. The largest absolute Gasteiger partial charge is 0.460 e. The lowest BCUT2D eigenvalue weighted by Crippen LogP contribution is -2.28. The summed E-state index contributed by atoms with van der Waals surface area (Å²) in [6.07, 6.45) is 0.348. The summed E-state index contributed by atoms with van der Waals surface area (Å²) in [5, 5.41) is 0. The van der Waals surface area contributed by atoms with Gasteiger partial charge < -0.3 is 9.47 Å². The number of benzene rings is 3. The molecule has 0 fully saturated rings. The third-order valence-corrected chi connectivity index (χ3v) is 5.48. The second-order valence-corrected chi connectivity index (χ2v) is 7.86. The van der Waals surface area contributed by atoms with Crippen molar-refractivity contribution in [2.24, 2.45) is 5.92 Å². The van der Waals surface area contributed by atoms with E-state index in [9.17, 15) is 9.59 Å². The van der Waals surface area contributed by atoms with Gasteiger partial charge in [0.1, 0.15) is 13.2 Å². The molecule has 0 spiro atoms. The number of thioether (sulfide) groups is 1. The van der Waals surface area contributed by atoms with Gasteiger partial charge in [0.2, 0.25) is 0 Å². The van der Waals surface area contributed by atoms with E-state index in [1.807, 2.05) is 91.0 Å². The predicted octanol–water partition coefficient (Wildman–Crippen LogP) is 5.27. The average molecular weight is 421 g/mol. The molecular weight excluding hydrogens is 396 g/mol. The Balaban J connectivity index is 1.58. The molecule has 3 rings (SSSR count). The Morgan fingerprint density at radius 2 is 1.10 bits per heavy atom. The summed E-state index contributed by atoms with van der Waals surface area (Å²) in [5.74, 6) is -1.44. The summed E-state index contributed by atoms with van der Waals surface area (Å²) in [6.45, 7) is 0.266. The van der Waals surface area contributed by atoms with E-state index in [0.29, 0.717) is 12.2 Å². The van der Waals surface area contributed by atoms with Crippen LogP contribution in [0.3, 0.4) is 0 Å². The van der Waals surface area contributed by atoms with Gasteiger partial charge in [-0.05, 0) is 35.4 Å². The molecule has 3 aromatic carbocycles. The van der Waals surface area contributed by atoms with Gasteiger partial charge in [-0.15, -0.1) is 11.8 Å². The number of rotatable bonds is 10. The van der Waals surface area contributed by atoms with Crippen molar-refractivity contribution in [1.29, 1.82) is 0 Å². The number of carbonyl (C=O) groups is 2. The van der Waals surface area contributed by atoms with E-state index < -0.39 is 17.9 Å². The Hall–Kier alpha value is -3.05. The molecule has 30 heavy (non-hydrogen) atoms. The third kappa shape index (κ3) is 7.08. The van der Waals surface area contributed by atoms with E-state index >= 15 is 0 Å². The highest BCUT2D eigenvalue weighted by Crippen LogP contribution is 2.22. The fourth-order valence-corrected chi connectivity index (χ4v) is 3.74. The summed E-state index contributed by atoms with van der Waals surface area (Å²) in [7, 11) is 0. The number of ether oxygens (including phenoxy) is 2.